The zero-order valence-corrected chi connectivity index (χ0v) is 13.1. The van der Waals surface area contributed by atoms with Crippen molar-refractivity contribution in [1.82, 2.24) is 19.7 Å². The van der Waals surface area contributed by atoms with E-state index in [-0.39, 0.29) is 0 Å². The molecule has 112 valence electrons. The van der Waals surface area contributed by atoms with Crippen LogP contribution in [0, 0.1) is 13.8 Å². The van der Waals surface area contributed by atoms with Crippen LogP contribution < -0.4 is 0 Å². The number of fused-ring (bicyclic) bond motifs is 1. The quantitative estimate of drug-likeness (QED) is 0.560. The summed E-state index contributed by atoms with van der Waals surface area (Å²) >= 11 is 0. The first-order valence-corrected chi connectivity index (χ1v) is 7.57. The lowest BCUT2D eigenvalue weighted by Gasteiger charge is -2.02. The molecule has 0 aliphatic carbocycles. The van der Waals surface area contributed by atoms with E-state index < -0.39 is 0 Å². The van der Waals surface area contributed by atoms with Crippen LogP contribution in [0.4, 0.5) is 0 Å². The van der Waals surface area contributed by atoms with Gasteiger partial charge in [0.1, 0.15) is 22.6 Å². The van der Waals surface area contributed by atoms with Gasteiger partial charge in [-0.05, 0) is 26.0 Å². The summed E-state index contributed by atoms with van der Waals surface area (Å²) in [6, 6.07) is 18.4. The van der Waals surface area contributed by atoms with Crippen LogP contribution in [-0.4, -0.2) is 19.7 Å². The van der Waals surface area contributed by atoms with E-state index in [4.69, 9.17) is 5.10 Å². The van der Waals surface area contributed by atoms with Gasteiger partial charge in [0.15, 0.2) is 0 Å². The second-order valence-electron chi connectivity index (χ2n) is 5.61. The Bertz CT molecular complexity index is 970. The maximum absolute atomic E-state index is 4.81. The molecule has 0 saturated heterocycles. The van der Waals surface area contributed by atoms with Crippen molar-refractivity contribution in [2.75, 3.05) is 0 Å². The Morgan fingerprint density at radius 1 is 0.870 bits per heavy atom. The van der Waals surface area contributed by atoms with Gasteiger partial charge in [-0.3, -0.25) is 0 Å². The molecule has 0 N–H and O–H groups in total. The summed E-state index contributed by atoms with van der Waals surface area (Å²) in [6.45, 7) is 3.98. The normalized spacial score (nSPS) is 11.0. The van der Waals surface area contributed by atoms with Gasteiger partial charge in [-0.15, -0.1) is 0 Å². The predicted octanol–water partition coefficient (Wildman–Crippen LogP) is 4.10. The molecule has 23 heavy (non-hydrogen) atoms. The fraction of sp³-hybridized carbons (Fsp3) is 0.105. The van der Waals surface area contributed by atoms with Crippen LogP contribution in [0.5, 0.6) is 0 Å². The summed E-state index contributed by atoms with van der Waals surface area (Å²) in [5.41, 5.74) is 5.97. The predicted molar refractivity (Wildman–Crippen MR) is 91.6 cm³/mol. The molecule has 2 aromatic carbocycles. The van der Waals surface area contributed by atoms with E-state index in [2.05, 4.69) is 41.2 Å². The smallest absolute Gasteiger partial charge is 0.126 e. The molecule has 0 amide bonds. The number of nitrogens with zero attached hydrogens (tertiary/aromatic N) is 4. The lowest BCUT2D eigenvalue weighted by molar-refractivity contribution is 0.911. The Hall–Kier alpha value is -3.01. The van der Waals surface area contributed by atoms with Crippen molar-refractivity contribution in [3.63, 3.8) is 0 Å². The van der Waals surface area contributed by atoms with E-state index in [0.29, 0.717) is 0 Å². The molecule has 0 radical (unpaired) electrons. The van der Waals surface area contributed by atoms with E-state index in [0.717, 1.165) is 33.8 Å². The average molecular weight is 300 g/mol. The summed E-state index contributed by atoms with van der Waals surface area (Å²) in [5.74, 6) is 0.749. The van der Waals surface area contributed by atoms with Crippen molar-refractivity contribution in [3.05, 3.63) is 72.2 Å². The van der Waals surface area contributed by atoms with Crippen LogP contribution in [0.3, 0.4) is 0 Å². The summed E-state index contributed by atoms with van der Waals surface area (Å²) in [4.78, 5) is 8.97. The van der Waals surface area contributed by atoms with E-state index in [1.54, 1.807) is 0 Å². The number of hydrogen-bond donors (Lipinski definition) is 0. The molecule has 4 rings (SSSR count). The van der Waals surface area contributed by atoms with Gasteiger partial charge >= 0.3 is 0 Å². The third kappa shape index (κ3) is 2.38. The van der Waals surface area contributed by atoms with Crippen molar-refractivity contribution in [3.8, 4) is 16.9 Å². The number of hydrogen-bond acceptors (Lipinski definition) is 3. The Kier molecular flexibility index (Phi) is 3.15. The number of benzene rings is 2. The highest BCUT2D eigenvalue weighted by Crippen LogP contribution is 2.28. The summed E-state index contributed by atoms with van der Waals surface area (Å²) < 4.78 is 1.91. The zero-order chi connectivity index (χ0) is 15.8. The van der Waals surface area contributed by atoms with Crippen LogP contribution in [0.15, 0.2) is 60.8 Å². The third-order valence-electron chi connectivity index (χ3n) is 3.87. The largest absolute Gasteiger partial charge is 0.239 e. The minimum absolute atomic E-state index is 0.749. The van der Waals surface area contributed by atoms with E-state index >= 15 is 0 Å². The molecule has 0 aliphatic heterocycles. The number of rotatable bonds is 2. The Labute approximate surface area is 134 Å². The van der Waals surface area contributed by atoms with Gasteiger partial charge in [-0.25, -0.2) is 14.6 Å². The lowest BCUT2D eigenvalue weighted by atomic mass is 10.1. The van der Waals surface area contributed by atoms with Crippen LogP contribution in [-0.2, 0) is 0 Å². The van der Waals surface area contributed by atoms with Crippen molar-refractivity contribution < 1.29 is 0 Å². The molecule has 0 aliphatic rings. The molecular formula is C19H16N4. The maximum atomic E-state index is 4.81. The van der Waals surface area contributed by atoms with Gasteiger partial charge in [0, 0.05) is 5.56 Å². The van der Waals surface area contributed by atoms with Gasteiger partial charge in [0.25, 0.3) is 0 Å². The first-order valence-electron chi connectivity index (χ1n) is 7.57. The van der Waals surface area contributed by atoms with Crippen molar-refractivity contribution in [1.29, 1.82) is 0 Å². The van der Waals surface area contributed by atoms with Gasteiger partial charge in [-0.1, -0.05) is 48.0 Å². The monoisotopic (exact) mass is 300 g/mol. The molecule has 4 nitrogen and oxygen atoms in total. The zero-order valence-electron chi connectivity index (χ0n) is 13.1. The number of aromatic nitrogens is 4. The number of para-hydroxylation sites is 1. The minimum atomic E-state index is 0.749. The van der Waals surface area contributed by atoms with Crippen LogP contribution >= 0.6 is 0 Å². The van der Waals surface area contributed by atoms with E-state index in [1.165, 1.54) is 5.56 Å². The van der Waals surface area contributed by atoms with Gasteiger partial charge < -0.3 is 0 Å². The van der Waals surface area contributed by atoms with Crippen LogP contribution in [0.2, 0.25) is 0 Å². The molecule has 2 aromatic heterocycles. The number of aryl methyl sites for hydroxylation is 2. The molecule has 4 heteroatoms. The summed E-state index contributed by atoms with van der Waals surface area (Å²) in [6.07, 6.45) is 1.84. The lowest BCUT2D eigenvalue weighted by Crippen LogP contribution is -1.96. The van der Waals surface area contributed by atoms with E-state index in [1.807, 2.05) is 48.1 Å². The highest BCUT2D eigenvalue weighted by atomic mass is 15.3. The second-order valence-corrected chi connectivity index (χ2v) is 5.61. The molecule has 0 saturated carbocycles. The Morgan fingerprint density at radius 2 is 1.61 bits per heavy atom. The molecule has 0 unspecified atom stereocenters. The first kappa shape index (κ1) is 13.6. The van der Waals surface area contributed by atoms with E-state index in [9.17, 15) is 0 Å². The van der Waals surface area contributed by atoms with Crippen LogP contribution in [0.25, 0.3) is 28.0 Å². The second kappa shape index (κ2) is 5.32. The maximum Gasteiger partial charge on any atom is 0.126 e. The molecular weight excluding hydrogens is 284 g/mol. The Morgan fingerprint density at radius 3 is 2.35 bits per heavy atom. The van der Waals surface area contributed by atoms with Crippen molar-refractivity contribution in [2.45, 2.75) is 13.8 Å². The fourth-order valence-corrected chi connectivity index (χ4v) is 2.67. The Balaban J connectivity index is 2.01. The molecule has 0 spiro atoms. The van der Waals surface area contributed by atoms with Gasteiger partial charge in [0.2, 0.25) is 0 Å². The van der Waals surface area contributed by atoms with Gasteiger partial charge in [0.05, 0.1) is 11.9 Å². The molecule has 2 heterocycles. The SMILES string of the molecule is Cc1ccc(-c2nn(-c3ccccc3)c3cnc(C)nc23)cc1. The molecule has 0 fully saturated rings. The highest BCUT2D eigenvalue weighted by molar-refractivity contribution is 5.90. The van der Waals surface area contributed by atoms with Crippen molar-refractivity contribution >= 4 is 11.0 Å². The van der Waals surface area contributed by atoms with Crippen molar-refractivity contribution in [2.24, 2.45) is 0 Å². The summed E-state index contributed by atoms with van der Waals surface area (Å²) in [7, 11) is 0. The molecule has 0 bridgehead atoms. The highest BCUT2D eigenvalue weighted by Gasteiger charge is 2.15. The topological polar surface area (TPSA) is 43.6 Å². The molecule has 4 aromatic rings. The average Bonchev–Trinajstić information content (AvgIpc) is 2.95. The van der Waals surface area contributed by atoms with Gasteiger partial charge in [-0.2, -0.15) is 5.10 Å². The minimum Gasteiger partial charge on any atom is -0.239 e. The summed E-state index contributed by atoms with van der Waals surface area (Å²) in [5, 5.41) is 4.81. The fourth-order valence-electron chi connectivity index (χ4n) is 2.67. The van der Waals surface area contributed by atoms with Crippen LogP contribution in [0.1, 0.15) is 11.4 Å². The third-order valence-corrected chi connectivity index (χ3v) is 3.87. The standard InChI is InChI=1S/C19H16N4/c1-13-8-10-15(11-9-13)18-19-17(12-20-14(2)21-19)23(22-18)16-6-4-3-5-7-16/h3-12H,1-2H3. The first-order chi connectivity index (χ1) is 11.2. The molecule has 0 atom stereocenters.